The third kappa shape index (κ3) is 2.98. The van der Waals surface area contributed by atoms with Gasteiger partial charge in [0.05, 0.1) is 18.3 Å². The van der Waals surface area contributed by atoms with Crippen molar-refractivity contribution in [3.8, 4) is 0 Å². The summed E-state index contributed by atoms with van der Waals surface area (Å²) in [5.74, 6) is 0. The highest BCUT2D eigenvalue weighted by atomic mass is 16.5. The van der Waals surface area contributed by atoms with E-state index < -0.39 is 0 Å². The second-order valence-corrected chi connectivity index (χ2v) is 4.33. The molecule has 18 heavy (non-hydrogen) atoms. The summed E-state index contributed by atoms with van der Waals surface area (Å²) in [5, 5.41) is 2.86. The molecule has 1 aromatic rings. The standard InChI is InChI=1S/C13H19N3O2/c1-18-10-8-15-13(17)16-9-4-6-12(16)11-5-2-3-7-14-11/h2-3,5,7,12H,4,6,8-10H2,1H3,(H,15,17)/t12-/m0/s1. The van der Waals surface area contributed by atoms with Crippen LogP contribution in [0.25, 0.3) is 0 Å². The van der Waals surface area contributed by atoms with Gasteiger partial charge in [0.1, 0.15) is 0 Å². The minimum atomic E-state index is -0.0276. The van der Waals surface area contributed by atoms with Crippen LogP contribution < -0.4 is 5.32 Å². The molecule has 0 spiro atoms. The first kappa shape index (κ1) is 12.8. The molecule has 0 aliphatic carbocycles. The van der Waals surface area contributed by atoms with Gasteiger partial charge in [0.2, 0.25) is 0 Å². The van der Waals surface area contributed by atoms with E-state index in [1.807, 2.05) is 23.1 Å². The van der Waals surface area contributed by atoms with E-state index in [9.17, 15) is 4.79 Å². The van der Waals surface area contributed by atoms with Crippen molar-refractivity contribution in [1.29, 1.82) is 0 Å². The highest BCUT2D eigenvalue weighted by molar-refractivity contribution is 5.75. The molecule has 0 bridgehead atoms. The van der Waals surface area contributed by atoms with Gasteiger partial charge in [-0.25, -0.2) is 4.79 Å². The van der Waals surface area contributed by atoms with Crippen LogP contribution in [0.3, 0.4) is 0 Å². The number of hydrogen-bond donors (Lipinski definition) is 1. The molecule has 5 nitrogen and oxygen atoms in total. The molecule has 0 saturated carbocycles. The minimum absolute atomic E-state index is 0.0276. The van der Waals surface area contributed by atoms with E-state index in [4.69, 9.17) is 4.74 Å². The number of urea groups is 1. The minimum Gasteiger partial charge on any atom is -0.383 e. The molecule has 2 amide bonds. The largest absolute Gasteiger partial charge is 0.383 e. The molecule has 0 aromatic carbocycles. The van der Waals surface area contributed by atoms with Crippen molar-refractivity contribution in [3.63, 3.8) is 0 Å². The van der Waals surface area contributed by atoms with Crippen molar-refractivity contribution in [2.24, 2.45) is 0 Å². The molecule has 2 heterocycles. The van der Waals surface area contributed by atoms with E-state index >= 15 is 0 Å². The average Bonchev–Trinajstić information content (AvgIpc) is 2.89. The lowest BCUT2D eigenvalue weighted by Crippen LogP contribution is -2.40. The maximum Gasteiger partial charge on any atom is 0.318 e. The lowest BCUT2D eigenvalue weighted by atomic mass is 10.1. The molecule has 2 rings (SSSR count). The zero-order chi connectivity index (χ0) is 12.8. The number of amides is 2. The van der Waals surface area contributed by atoms with Crippen LogP contribution in [0, 0.1) is 0 Å². The van der Waals surface area contributed by atoms with Gasteiger partial charge in [0.15, 0.2) is 0 Å². The monoisotopic (exact) mass is 249 g/mol. The number of methoxy groups -OCH3 is 1. The highest BCUT2D eigenvalue weighted by Gasteiger charge is 2.30. The summed E-state index contributed by atoms with van der Waals surface area (Å²) in [7, 11) is 1.62. The topological polar surface area (TPSA) is 54.5 Å². The Morgan fingerprint density at radius 1 is 1.61 bits per heavy atom. The molecule has 0 radical (unpaired) electrons. The van der Waals surface area contributed by atoms with Gasteiger partial charge in [-0.2, -0.15) is 0 Å². The van der Waals surface area contributed by atoms with E-state index in [-0.39, 0.29) is 12.1 Å². The Balaban J connectivity index is 1.97. The summed E-state index contributed by atoms with van der Waals surface area (Å²) in [4.78, 5) is 18.2. The first-order valence-electron chi connectivity index (χ1n) is 6.27. The third-order valence-electron chi connectivity index (χ3n) is 3.13. The van der Waals surface area contributed by atoms with Crippen molar-refractivity contribution in [2.45, 2.75) is 18.9 Å². The van der Waals surface area contributed by atoms with Crippen LogP contribution in [0.5, 0.6) is 0 Å². The lowest BCUT2D eigenvalue weighted by Gasteiger charge is -2.24. The van der Waals surface area contributed by atoms with Crippen molar-refractivity contribution >= 4 is 6.03 Å². The molecule has 1 aromatic heterocycles. The Morgan fingerprint density at radius 3 is 3.22 bits per heavy atom. The second kappa shape index (κ2) is 6.35. The first-order chi connectivity index (χ1) is 8.83. The SMILES string of the molecule is COCCNC(=O)N1CCC[C@H]1c1ccccn1. The van der Waals surface area contributed by atoms with Crippen LogP contribution in [-0.2, 0) is 4.74 Å². The van der Waals surface area contributed by atoms with Crippen molar-refractivity contribution < 1.29 is 9.53 Å². The molecular formula is C13H19N3O2. The highest BCUT2D eigenvalue weighted by Crippen LogP contribution is 2.30. The number of nitrogens with zero attached hydrogens (tertiary/aromatic N) is 2. The summed E-state index contributed by atoms with van der Waals surface area (Å²) in [6.07, 6.45) is 3.78. The van der Waals surface area contributed by atoms with E-state index in [0.29, 0.717) is 13.2 Å². The smallest absolute Gasteiger partial charge is 0.318 e. The van der Waals surface area contributed by atoms with Crippen molar-refractivity contribution in [3.05, 3.63) is 30.1 Å². The number of hydrogen-bond acceptors (Lipinski definition) is 3. The van der Waals surface area contributed by atoms with E-state index in [0.717, 1.165) is 25.1 Å². The lowest BCUT2D eigenvalue weighted by molar-refractivity contribution is 0.176. The van der Waals surface area contributed by atoms with Gasteiger partial charge in [0.25, 0.3) is 0 Å². The van der Waals surface area contributed by atoms with Crippen molar-refractivity contribution in [2.75, 3.05) is 26.8 Å². The van der Waals surface area contributed by atoms with Gasteiger partial charge in [-0.15, -0.1) is 0 Å². The van der Waals surface area contributed by atoms with Crippen LogP contribution in [0.4, 0.5) is 4.79 Å². The molecule has 1 atom stereocenters. The average molecular weight is 249 g/mol. The Hall–Kier alpha value is -1.62. The van der Waals surface area contributed by atoms with Gasteiger partial charge in [-0.3, -0.25) is 4.98 Å². The van der Waals surface area contributed by atoms with Gasteiger partial charge in [-0.05, 0) is 25.0 Å². The van der Waals surface area contributed by atoms with Gasteiger partial charge < -0.3 is 15.0 Å². The van der Waals surface area contributed by atoms with E-state index in [1.54, 1.807) is 13.3 Å². The maximum absolute atomic E-state index is 12.0. The third-order valence-corrected chi connectivity index (χ3v) is 3.13. The van der Waals surface area contributed by atoms with Gasteiger partial charge >= 0.3 is 6.03 Å². The number of carbonyl (C=O) groups is 1. The molecule has 1 fully saturated rings. The number of aromatic nitrogens is 1. The fraction of sp³-hybridized carbons (Fsp3) is 0.538. The maximum atomic E-state index is 12.0. The fourth-order valence-electron chi connectivity index (χ4n) is 2.25. The van der Waals surface area contributed by atoms with Crippen LogP contribution >= 0.6 is 0 Å². The zero-order valence-corrected chi connectivity index (χ0v) is 10.6. The number of ether oxygens (including phenoxy) is 1. The summed E-state index contributed by atoms with van der Waals surface area (Å²) < 4.78 is 4.92. The summed E-state index contributed by atoms with van der Waals surface area (Å²) >= 11 is 0. The molecule has 1 aliphatic heterocycles. The molecule has 0 unspecified atom stereocenters. The number of carbonyl (C=O) groups excluding carboxylic acids is 1. The van der Waals surface area contributed by atoms with Crippen molar-refractivity contribution in [1.82, 2.24) is 15.2 Å². The Kier molecular flexibility index (Phi) is 4.52. The summed E-state index contributed by atoms with van der Waals surface area (Å²) in [6, 6.07) is 5.91. The normalized spacial score (nSPS) is 18.9. The van der Waals surface area contributed by atoms with Gasteiger partial charge in [-0.1, -0.05) is 6.07 Å². The molecule has 1 aliphatic rings. The first-order valence-corrected chi connectivity index (χ1v) is 6.27. The zero-order valence-electron chi connectivity index (χ0n) is 10.6. The van der Waals surface area contributed by atoms with Crippen LogP contribution in [-0.4, -0.2) is 42.7 Å². The number of likely N-dealkylation sites (tertiary alicyclic amines) is 1. The van der Waals surface area contributed by atoms with Crippen LogP contribution in [0.2, 0.25) is 0 Å². The summed E-state index contributed by atoms with van der Waals surface area (Å²) in [6.45, 7) is 1.87. The quantitative estimate of drug-likeness (QED) is 0.824. The van der Waals surface area contributed by atoms with Crippen LogP contribution in [0.15, 0.2) is 24.4 Å². The molecule has 1 saturated heterocycles. The number of pyridine rings is 1. The Bertz CT molecular complexity index is 383. The summed E-state index contributed by atoms with van der Waals surface area (Å²) in [5.41, 5.74) is 0.969. The predicted molar refractivity (Wildman–Crippen MR) is 68.2 cm³/mol. The molecule has 5 heteroatoms. The predicted octanol–water partition coefficient (Wildman–Crippen LogP) is 1.57. The Morgan fingerprint density at radius 2 is 2.50 bits per heavy atom. The second-order valence-electron chi connectivity index (χ2n) is 4.33. The number of nitrogens with one attached hydrogen (secondary N) is 1. The van der Waals surface area contributed by atoms with E-state index in [1.165, 1.54) is 0 Å². The molecule has 1 N–H and O–H groups in total. The van der Waals surface area contributed by atoms with E-state index in [2.05, 4.69) is 10.3 Å². The van der Waals surface area contributed by atoms with Crippen LogP contribution in [0.1, 0.15) is 24.6 Å². The Labute approximate surface area is 107 Å². The fourth-order valence-corrected chi connectivity index (χ4v) is 2.25. The molecular weight excluding hydrogens is 230 g/mol. The molecule has 98 valence electrons. The van der Waals surface area contributed by atoms with Gasteiger partial charge in [0, 0.05) is 26.4 Å². The number of rotatable bonds is 4.